The van der Waals surface area contributed by atoms with E-state index in [1.165, 1.54) is 29.2 Å². The van der Waals surface area contributed by atoms with Crippen LogP contribution in [0.25, 0.3) is 0 Å². The first kappa shape index (κ1) is 25.3. The van der Waals surface area contributed by atoms with Gasteiger partial charge in [0.05, 0.1) is 30.8 Å². The number of quaternary nitrogens is 1. The molecule has 3 aromatic rings. The molecule has 3 heterocycles. The number of rotatable bonds is 8. The largest absolute Gasteiger partial charge is 0.493 e. The molecule has 1 amide bonds. The van der Waals surface area contributed by atoms with Crippen LogP contribution in [0.2, 0.25) is 0 Å². The maximum absolute atomic E-state index is 12.4. The standard InChI is InChI=1S/C28H29N5O5/c1-2-38-26-10-9-19(14-29-30-28(35)21-5-3-6-24(13-21)33(36)37)11-23(26)18-31-15-20-12-22(17-31)25-7-4-8-27(34)32(25)16-20/h3-11,13-14,20,22H,2,12,15-18H2,1H3,(H,30,35)/p+1. The van der Waals surface area contributed by atoms with Crippen LogP contribution in [-0.4, -0.2) is 41.3 Å². The minimum absolute atomic E-state index is 0.0869. The number of hydrogen-bond acceptors (Lipinski definition) is 6. The predicted octanol–water partition coefficient (Wildman–Crippen LogP) is 2.12. The van der Waals surface area contributed by atoms with Crippen molar-refractivity contribution in [2.45, 2.75) is 32.4 Å². The van der Waals surface area contributed by atoms with Gasteiger partial charge in [0.2, 0.25) is 0 Å². The Balaban J connectivity index is 1.29. The van der Waals surface area contributed by atoms with Crippen LogP contribution < -0.4 is 20.6 Å². The number of hydrogen-bond donors (Lipinski definition) is 2. The quantitative estimate of drug-likeness (QED) is 0.270. The fourth-order valence-corrected chi connectivity index (χ4v) is 5.64. The molecule has 2 aliphatic heterocycles. The Morgan fingerprint density at radius 3 is 2.87 bits per heavy atom. The first-order chi connectivity index (χ1) is 18.4. The summed E-state index contributed by atoms with van der Waals surface area (Å²) in [4.78, 5) is 36.6. The molecule has 5 rings (SSSR count). The number of piperidine rings is 1. The number of fused-ring (bicyclic) bond motifs is 4. The third kappa shape index (κ3) is 5.50. The van der Waals surface area contributed by atoms with Crippen molar-refractivity contribution in [1.82, 2.24) is 9.99 Å². The topological polar surface area (TPSA) is 120 Å². The zero-order valence-electron chi connectivity index (χ0n) is 21.1. The molecule has 0 radical (unpaired) electrons. The predicted molar refractivity (Wildman–Crippen MR) is 142 cm³/mol. The highest BCUT2D eigenvalue weighted by atomic mass is 16.6. The van der Waals surface area contributed by atoms with E-state index >= 15 is 0 Å². The molecule has 0 aliphatic carbocycles. The lowest BCUT2D eigenvalue weighted by Crippen LogP contribution is -3.13. The van der Waals surface area contributed by atoms with Crippen LogP contribution in [0.15, 0.2) is 70.6 Å². The van der Waals surface area contributed by atoms with E-state index in [9.17, 15) is 19.7 Å². The highest BCUT2D eigenvalue weighted by Gasteiger charge is 2.37. The Hall–Kier alpha value is -4.31. The van der Waals surface area contributed by atoms with E-state index in [0.29, 0.717) is 18.4 Å². The monoisotopic (exact) mass is 516 g/mol. The van der Waals surface area contributed by atoms with Gasteiger partial charge < -0.3 is 14.2 Å². The number of nitrogens with one attached hydrogen (secondary N) is 2. The Labute approximate surface area is 219 Å². The van der Waals surface area contributed by atoms with Crippen LogP contribution in [0.1, 0.15) is 46.4 Å². The zero-order chi connectivity index (χ0) is 26.6. The van der Waals surface area contributed by atoms with Crippen molar-refractivity contribution in [3.63, 3.8) is 0 Å². The molecule has 1 saturated heterocycles. The van der Waals surface area contributed by atoms with Crippen molar-refractivity contribution in [2.75, 3.05) is 19.7 Å². The summed E-state index contributed by atoms with van der Waals surface area (Å²) < 4.78 is 7.85. The van der Waals surface area contributed by atoms with Crippen LogP contribution >= 0.6 is 0 Å². The Bertz CT molecular complexity index is 1450. The molecule has 196 valence electrons. The smallest absolute Gasteiger partial charge is 0.271 e. The molecule has 10 nitrogen and oxygen atoms in total. The fraction of sp³-hybridized carbons (Fsp3) is 0.321. The fourth-order valence-electron chi connectivity index (χ4n) is 5.64. The van der Waals surface area contributed by atoms with E-state index in [2.05, 4.69) is 16.6 Å². The summed E-state index contributed by atoms with van der Waals surface area (Å²) in [5, 5.41) is 15.0. The van der Waals surface area contributed by atoms with Gasteiger partial charge in [-0.3, -0.25) is 19.7 Å². The molecular formula is C28H30N5O5+. The summed E-state index contributed by atoms with van der Waals surface area (Å²) in [5.74, 6) is 1.11. The molecule has 38 heavy (non-hydrogen) atoms. The van der Waals surface area contributed by atoms with Crippen LogP contribution in [0.4, 0.5) is 5.69 Å². The molecule has 10 heteroatoms. The first-order valence-corrected chi connectivity index (χ1v) is 12.8. The lowest BCUT2D eigenvalue weighted by atomic mass is 9.83. The number of hydrazone groups is 1. The Morgan fingerprint density at radius 1 is 1.21 bits per heavy atom. The van der Waals surface area contributed by atoms with Crippen molar-refractivity contribution in [3.05, 3.63) is 104 Å². The molecule has 0 spiro atoms. The van der Waals surface area contributed by atoms with Crippen LogP contribution in [0, 0.1) is 16.0 Å². The second-order valence-corrected chi connectivity index (χ2v) is 9.84. The molecule has 2 aromatic carbocycles. The van der Waals surface area contributed by atoms with E-state index in [1.54, 1.807) is 12.3 Å². The normalized spacial score (nSPS) is 20.1. The summed E-state index contributed by atoms with van der Waals surface area (Å²) in [6.45, 7) is 5.99. The van der Waals surface area contributed by atoms with Crippen LogP contribution in [0.5, 0.6) is 5.75 Å². The molecule has 2 bridgehead atoms. The van der Waals surface area contributed by atoms with Gasteiger partial charge >= 0.3 is 0 Å². The van der Waals surface area contributed by atoms with Gasteiger partial charge in [0.15, 0.2) is 0 Å². The summed E-state index contributed by atoms with van der Waals surface area (Å²) in [7, 11) is 0. The second-order valence-electron chi connectivity index (χ2n) is 9.84. The van der Waals surface area contributed by atoms with Crippen molar-refractivity contribution in [3.8, 4) is 5.75 Å². The number of nitrogens with zero attached hydrogens (tertiary/aromatic N) is 3. The van der Waals surface area contributed by atoms with E-state index in [-0.39, 0.29) is 16.8 Å². The van der Waals surface area contributed by atoms with Gasteiger partial charge in [-0.15, -0.1) is 0 Å². The number of aromatic nitrogens is 1. The number of carbonyl (C=O) groups excluding carboxylic acids is 1. The van der Waals surface area contributed by atoms with Crippen LogP contribution in [0.3, 0.4) is 0 Å². The number of pyridine rings is 1. The van der Waals surface area contributed by atoms with Gasteiger partial charge in [-0.1, -0.05) is 12.1 Å². The Kier molecular flexibility index (Phi) is 7.32. The summed E-state index contributed by atoms with van der Waals surface area (Å²) in [5.41, 5.74) is 5.52. The van der Waals surface area contributed by atoms with E-state index in [4.69, 9.17) is 4.74 Å². The molecule has 2 aliphatic rings. The number of benzene rings is 2. The van der Waals surface area contributed by atoms with E-state index < -0.39 is 10.8 Å². The minimum Gasteiger partial charge on any atom is -0.493 e. The number of nitro benzene ring substituents is 1. The average Bonchev–Trinajstić information content (AvgIpc) is 2.91. The number of amides is 1. The molecular weight excluding hydrogens is 486 g/mol. The molecule has 0 saturated carbocycles. The maximum Gasteiger partial charge on any atom is 0.271 e. The highest BCUT2D eigenvalue weighted by molar-refractivity contribution is 5.95. The number of carbonyl (C=O) groups is 1. The molecule has 1 fully saturated rings. The van der Waals surface area contributed by atoms with Crippen molar-refractivity contribution < 1.29 is 19.4 Å². The highest BCUT2D eigenvalue weighted by Crippen LogP contribution is 2.30. The third-order valence-corrected chi connectivity index (χ3v) is 7.20. The molecule has 2 N–H and O–H groups in total. The summed E-state index contributed by atoms with van der Waals surface area (Å²) >= 11 is 0. The second kappa shape index (κ2) is 11.0. The van der Waals surface area contributed by atoms with Gasteiger partial charge in [0, 0.05) is 53.4 Å². The number of likely N-dealkylation sites (tertiary alicyclic amines) is 1. The van der Waals surface area contributed by atoms with E-state index in [1.807, 2.05) is 35.8 Å². The SMILES string of the molecule is CCOc1ccc(C=NNC(=O)c2cccc([N+](=O)[O-])c2)cc1C[NH+]1CC2CC(C1)c1cccc(=O)n1C2. The summed E-state index contributed by atoms with van der Waals surface area (Å²) in [6.07, 6.45) is 2.67. The molecule has 3 atom stereocenters. The van der Waals surface area contributed by atoms with Gasteiger partial charge in [-0.05, 0) is 49.2 Å². The Morgan fingerprint density at radius 2 is 2.05 bits per heavy atom. The molecule has 3 unspecified atom stereocenters. The number of ether oxygens (including phenoxy) is 1. The van der Waals surface area contributed by atoms with Crippen molar-refractivity contribution in [1.29, 1.82) is 0 Å². The minimum atomic E-state index is -0.544. The third-order valence-electron chi connectivity index (χ3n) is 7.20. The van der Waals surface area contributed by atoms with Gasteiger partial charge in [-0.2, -0.15) is 5.10 Å². The lowest BCUT2D eigenvalue weighted by Gasteiger charge is -2.40. The number of nitro groups is 1. The van der Waals surface area contributed by atoms with Crippen molar-refractivity contribution in [2.24, 2.45) is 11.0 Å². The number of non-ortho nitro benzene ring substituents is 1. The van der Waals surface area contributed by atoms with Crippen LogP contribution in [-0.2, 0) is 13.1 Å². The van der Waals surface area contributed by atoms with E-state index in [0.717, 1.165) is 55.2 Å². The lowest BCUT2D eigenvalue weighted by molar-refractivity contribution is -0.924. The van der Waals surface area contributed by atoms with Gasteiger partial charge in [-0.25, -0.2) is 5.43 Å². The average molecular weight is 517 g/mol. The summed E-state index contributed by atoms with van der Waals surface area (Å²) in [6, 6.07) is 16.9. The zero-order valence-corrected chi connectivity index (χ0v) is 21.1. The maximum atomic E-state index is 12.4. The molecule has 1 aromatic heterocycles. The van der Waals surface area contributed by atoms with Gasteiger partial charge in [0.25, 0.3) is 17.2 Å². The van der Waals surface area contributed by atoms with Crippen molar-refractivity contribution >= 4 is 17.8 Å². The van der Waals surface area contributed by atoms with Gasteiger partial charge in [0.1, 0.15) is 12.3 Å². The first-order valence-electron chi connectivity index (χ1n) is 12.8.